The summed E-state index contributed by atoms with van der Waals surface area (Å²) >= 11 is 0. The lowest BCUT2D eigenvalue weighted by atomic mass is 9.90. The smallest absolute Gasteiger partial charge is 0.00160 e. The van der Waals surface area contributed by atoms with E-state index < -0.39 is 0 Å². The van der Waals surface area contributed by atoms with E-state index in [9.17, 15) is 0 Å². The summed E-state index contributed by atoms with van der Waals surface area (Å²) in [7, 11) is 2.24. The van der Waals surface area contributed by atoms with Gasteiger partial charge in [-0.15, -0.1) is 0 Å². The average molecular weight is 260 g/mol. The minimum absolute atomic E-state index is 0.763. The van der Waals surface area contributed by atoms with Gasteiger partial charge in [-0.2, -0.15) is 0 Å². The summed E-state index contributed by atoms with van der Waals surface area (Å²) in [5.74, 6) is 0.763. The van der Waals surface area contributed by atoms with Gasteiger partial charge in [0.2, 0.25) is 0 Å². The van der Waals surface area contributed by atoms with Gasteiger partial charge in [0.05, 0.1) is 0 Å². The number of hydrogen-bond donors (Lipinski definition) is 1. The highest BCUT2D eigenvalue weighted by atomic mass is 15.1. The zero-order valence-electron chi connectivity index (χ0n) is 12.3. The molecule has 1 heterocycles. The van der Waals surface area contributed by atoms with Gasteiger partial charge < -0.3 is 10.6 Å². The van der Waals surface area contributed by atoms with Crippen molar-refractivity contribution in [2.24, 2.45) is 5.73 Å². The molecule has 1 unspecified atom stereocenters. The number of hydrogen-bond acceptors (Lipinski definition) is 2. The van der Waals surface area contributed by atoms with E-state index in [4.69, 9.17) is 5.73 Å². The second kappa shape index (κ2) is 7.66. The lowest BCUT2D eigenvalue weighted by molar-refractivity contribution is 0.347. The van der Waals surface area contributed by atoms with Gasteiger partial charge in [0.1, 0.15) is 0 Å². The molecule has 106 valence electrons. The van der Waals surface area contributed by atoms with Gasteiger partial charge in [0.15, 0.2) is 0 Å². The predicted octanol–water partition coefficient (Wildman–Crippen LogP) is 3.17. The quantitative estimate of drug-likeness (QED) is 0.824. The molecular formula is C17H28N2. The van der Waals surface area contributed by atoms with Gasteiger partial charge in [-0.1, -0.05) is 24.3 Å². The second-order valence-electron chi connectivity index (χ2n) is 5.92. The summed E-state index contributed by atoms with van der Waals surface area (Å²) < 4.78 is 0. The molecule has 1 aliphatic heterocycles. The highest BCUT2D eigenvalue weighted by molar-refractivity contribution is 5.26. The predicted molar refractivity (Wildman–Crippen MR) is 82.5 cm³/mol. The van der Waals surface area contributed by atoms with Gasteiger partial charge >= 0.3 is 0 Å². The van der Waals surface area contributed by atoms with Crippen LogP contribution in [0.2, 0.25) is 0 Å². The van der Waals surface area contributed by atoms with E-state index in [1.54, 1.807) is 5.56 Å². The normalized spacial score (nSPS) is 21.3. The Balaban J connectivity index is 1.97. The lowest BCUT2D eigenvalue weighted by Gasteiger charge is -2.16. The lowest BCUT2D eigenvalue weighted by Crippen LogP contribution is -2.18. The molecule has 0 bridgehead atoms. The highest BCUT2D eigenvalue weighted by Gasteiger charge is 2.16. The van der Waals surface area contributed by atoms with Crippen molar-refractivity contribution in [1.29, 1.82) is 0 Å². The van der Waals surface area contributed by atoms with Crippen LogP contribution in [0.4, 0.5) is 0 Å². The topological polar surface area (TPSA) is 29.3 Å². The third kappa shape index (κ3) is 4.63. The van der Waals surface area contributed by atoms with Crippen LogP contribution in [0.1, 0.15) is 49.1 Å². The van der Waals surface area contributed by atoms with E-state index in [0.29, 0.717) is 0 Å². The van der Waals surface area contributed by atoms with Crippen LogP contribution in [0.5, 0.6) is 0 Å². The molecule has 2 heteroatoms. The molecular weight excluding hydrogens is 232 g/mol. The summed E-state index contributed by atoms with van der Waals surface area (Å²) in [4.78, 5) is 2.46. The molecule has 1 aromatic rings. The van der Waals surface area contributed by atoms with Crippen LogP contribution < -0.4 is 5.73 Å². The van der Waals surface area contributed by atoms with Crippen molar-refractivity contribution in [2.75, 3.05) is 26.7 Å². The molecule has 1 aromatic carbocycles. The van der Waals surface area contributed by atoms with E-state index in [2.05, 4.69) is 36.2 Å². The second-order valence-corrected chi connectivity index (χ2v) is 5.92. The minimum atomic E-state index is 0.763. The zero-order valence-corrected chi connectivity index (χ0v) is 12.3. The van der Waals surface area contributed by atoms with Crippen LogP contribution in [0.3, 0.4) is 0 Å². The van der Waals surface area contributed by atoms with E-state index in [-0.39, 0.29) is 0 Å². The maximum absolute atomic E-state index is 5.57. The van der Waals surface area contributed by atoms with Crippen LogP contribution >= 0.6 is 0 Å². The van der Waals surface area contributed by atoms with Gasteiger partial charge in [-0.05, 0) is 82.3 Å². The van der Waals surface area contributed by atoms with Crippen LogP contribution in [0, 0.1) is 0 Å². The molecule has 0 aliphatic carbocycles. The number of benzene rings is 1. The number of unbranched alkanes of at least 4 members (excludes halogenated alkanes) is 1. The monoisotopic (exact) mass is 260 g/mol. The average Bonchev–Trinajstić information content (AvgIpc) is 2.64. The molecule has 19 heavy (non-hydrogen) atoms. The van der Waals surface area contributed by atoms with Crippen LogP contribution in [0.15, 0.2) is 24.3 Å². The first-order valence-electron chi connectivity index (χ1n) is 7.77. The third-order valence-electron chi connectivity index (χ3n) is 4.29. The van der Waals surface area contributed by atoms with Gasteiger partial charge in [-0.3, -0.25) is 0 Å². The Kier molecular flexibility index (Phi) is 5.87. The van der Waals surface area contributed by atoms with Gasteiger partial charge in [0, 0.05) is 0 Å². The Labute approximate surface area is 118 Å². The summed E-state index contributed by atoms with van der Waals surface area (Å²) in [6.07, 6.45) is 7.52. The molecule has 0 saturated carbocycles. The Morgan fingerprint density at radius 3 is 2.95 bits per heavy atom. The maximum Gasteiger partial charge on any atom is -0.00160 e. The molecule has 2 N–H and O–H groups in total. The summed E-state index contributed by atoms with van der Waals surface area (Å²) in [6, 6.07) is 9.26. The molecule has 0 spiro atoms. The van der Waals surface area contributed by atoms with Crippen molar-refractivity contribution in [3.8, 4) is 0 Å². The fourth-order valence-corrected chi connectivity index (χ4v) is 3.05. The number of nitrogens with two attached hydrogens (primary N) is 1. The summed E-state index contributed by atoms with van der Waals surface area (Å²) in [6.45, 7) is 3.31. The molecule has 2 nitrogen and oxygen atoms in total. The number of likely N-dealkylation sites (tertiary alicyclic amines) is 1. The van der Waals surface area contributed by atoms with E-state index in [0.717, 1.165) is 18.9 Å². The Bertz CT molecular complexity index is 375. The first-order chi connectivity index (χ1) is 9.29. The third-order valence-corrected chi connectivity index (χ3v) is 4.29. The van der Waals surface area contributed by atoms with Crippen molar-refractivity contribution < 1.29 is 0 Å². The fraction of sp³-hybridized carbons (Fsp3) is 0.647. The minimum Gasteiger partial charge on any atom is -0.330 e. The largest absolute Gasteiger partial charge is 0.330 e. The van der Waals surface area contributed by atoms with Crippen molar-refractivity contribution in [3.05, 3.63) is 35.4 Å². The number of rotatable bonds is 5. The van der Waals surface area contributed by atoms with E-state index in [1.165, 1.54) is 50.8 Å². The molecule has 1 saturated heterocycles. The Hall–Kier alpha value is -0.860. The fourth-order valence-electron chi connectivity index (χ4n) is 3.05. The summed E-state index contributed by atoms with van der Waals surface area (Å²) in [5.41, 5.74) is 8.61. The first-order valence-corrected chi connectivity index (χ1v) is 7.77. The standard InChI is InChI=1S/C17H28N2/c1-19-12-5-9-16(10-13-19)17-8-4-7-15(14-17)6-2-3-11-18/h4,7-8,14,16H,2-3,5-6,9-13,18H2,1H3. The molecule has 0 amide bonds. The number of nitrogens with zero attached hydrogens (tertiary/aromatic N) is 1. The van der Waals surface area contributed by atoms with Crippen molar-refractivity contribution in [3.63, 3.8) is 0 Å². The van der Waals surface area contributed by atoms with Crippen molar-refractivity contribution >= 4 is 0 Å². The highest BCUT2D eigenvalue weighted by Crippen LogP contribution is 2.28. The molecule has 1 aliphatic rings. The molecule has 0 radical (unpaired) electrons. The van der Waals surface area contributed by atoms with Crippen molar-refractivity contribution in [1.82, 2.24) is 4.90 Å². The molecule has 1 atom stereocenters. The van der Waals surface area contributed by atoms with Crippen molar-refractivity contribution in [2.45, 2.75) is 44.4 Å². The van der Waals surface area contributed by atoms with Crippen LogP contribution in [-0.2, 0) is 6.42 Å². The zero-order chi connectivity index (χ0) is 13.5. The van der Waals surface area contributed by atoms with E-state index in [1.807, 2.05) is 0 Å². The molecule has 2 rings (SSSR count). The maximum atomic E-state index is 5.57. The first kappa shape index (κ1) is 14.5. The van der Waals surface area contributed by atoms with Crippen LogP contribution in [-0.4, -0.2) is 31.6 Å². The van der Waals surface area contributed by atoms with Crippen LogP contribution in [0.25, 0.3) is 0 Å². The molecule has 0 aromatic heterocycles. The molecule has 1 fully saturated rings. The van der Waals surface area contributed by atoms with E-state index >= 15 is 0 Å². The van der Waals surface area contributed by atoms with Gasteiger partial charge in [0.25, 0.3) is 0 Å². The SMILES string of the molecule is CN1CCCC(c2cccc(CCCCN)c2)CC1. The Morgan fingerprint density at radius 1 is 1.21 bits per heavy atom. The van der Waals surface area contributed by atoms with Gasteiger partial charge in [-0.25, -0.2) is 0 Å². The summed E-state index contributed by atoms with van der Waals surface area (Å²) in [5, 5.41) is 0. The number of aryl methyl sites for hydroxylation is 1. The Morgan fingerprint density at radius 2 is 2.11 bits per heavy atom.